The molecule has 7 heteroatoms. The number of nitrogens with zero attached hydrogens (tertiary/aromatic N) is 1. The molecule has 1 heterocycles. The summed E-state index contributed by atoms with van der Waals surface area (Å²) >= 11 is 8.33. The van der Waals surface area contributed by atoms with Gasteiger partial charge in [0.15, 0.2) is 6.29 Å². The number of aromatic nitrogens is 1. The van der Waals surface area contributed by atoms with Crippen molar-refractivity contribution in [2.75, 3.05) is 7.11 Å². The van der Waals surface area contributed by atoms with Gasteiger partial charge in [0.1, 0.15) is 23.1 Å². The Hall–Kier alpha value is -1.70. The van der Waals surface area contributed by atoms with Crippen molar-refractivity contribution in [2.24, 2.45) is 0 Å². The molecular weight excluding hydrogens is 470 g/mol. The number of carbonyl (C=O) groups excluding carboxylic acids is 1. The van der Waals surface area contributed by atoms with Gasteiger partial charge in [0, 0.05) is 14.3 Å². The second-order valence-electron chi connectivity index (χ2n) is 5.08. The van der Waals surface area contributed by atoms with Gasteiger partial charge in [-0.2, -0.15) is 0 Å². The molecule has 0 aliphatic heterocycles. The molecule has 0 radical (unpaired) electrons. The minimum absolute atomic E-state index is 0.287. The average molecular weight is 483 g/mol. The highest BCUT2D eigenvalue weighted by atomic mass is 79.9. The molecule has 3 aromatic rings. The van der Waals surface area contributed by atoms with E-state index in [9.17, 15) is 4.79 Å². The quantitative estimate of drug-likeness (QED) is 0.420. The summed E-state index contributed by atoms with van der Waals surface area (Å²) in [6.45, 7) is 0.287. The van der Waals surface area contributed by atoms with Crippen LogP contribution >= 0.6 is 43.2 Å². The predicted octanol–water partition coefficient (Wildman–Crippen LogP) is 5.74. The molecule has 0 fully saturated rings. The van der Waals surface area contributed by atoms with Gasteiger partial charge in [0.25, 0.3) is 0 Å². The molecule has 25 heavy (non-hydrogen) atoms. The lowest BCUT2D eigenvalue weighted by atomic mass is 10.2. The molecule has 4 nitrogen and oxygen atoms in total. The van der Waals surface area contributed by atoms with Crippen molar-refractivity contribution in [1.82, 2.24) is 4.98 Å². The van der Waals surface area contributed by atoms with Gasteiger partial charge in [-0.1, -0.05) is 31.9 Å². The standard InChI is InChI=1S/C18H13Br2NO3S/c1-23-17-5-3-13(20)7-15(17)18-21-14(10-25-18)9-24-16-4-2-12(19)6-11(16)8-22/h2-8,10H,9H2,1H3. The lowest BCUT2D eigenvalue weighted by Gasteiger charge is -2.07. The topological polar surface area (TPSA) is 48.4 Å². The van der Waals surface area contributed by atoms with Gasteiger partial charge in [0.2, 0.25) is 0 Å². The summed E-state index contributed by atoms with van der Waals surface area (Å²) < 4.78 is 12.9. The Kier molecular flexibility index (Phi) is 5.88. The van der Waals surface area contributed by atoms with Crippen molar-refractivity contribution in [3.63, 3.8) is 0 Å². The lowest BCUT2D eigenvalue weighted by molar-refractivity contribution is 0.111. The minimum Gasteiger partial charge on any atom is -0.496 e. The molecule has 2 aromatic carbocycles. The van der Waals surface area contributed by atoms with Gasteiger partial charge in [-0.15, -0.1) is 11.3 Å². The van der Waals surface area contributed by atoms with Crippen LogP contribution in [0.3, 0.4) is 0 Å². The predicted molar refractivity (Wildman–Crippen MR) is 106 cm³/mol. The van der Waals surface area contributed by atoms with E-state index in [0.29, 0.717) is 11.3 Å². The summed E-state index contributed by atoms with van der Waals surface area (Å²) in [5.74, 6) is 1.30. The van der Waals surface area contributed by atoms with Crippen LogP contribution in [0.4, 0.5) is 0 Å². The number of aldehydes is 1. The number of ether oxygens (including phenoxy) is 2. The van der Waals surface area contributed by atoms with Crippen LogP contribution in [-0.4, -0.2) is 18.4 Å². The zero-order chi connectivity index (χ0) is 17.8. The zero-order valence-corrected chi connectivity index (χ0v) is 17.2. The second-order valence-corrected chi connectivity index (χ2v) is 7.77. The van der Waals surface area contributed by atoms with Crippen LogP contribution in [0.5, 0.6) is 11.5 Å². The Morgan fingerprint density at radius 3 is 2.56 bits per heavy atom. The average Bonchev–Trinajstić information content (AvgIpc) is 3.09. The number of methoxy groups -OCH3 is 1. The number of hydrogen-bond acceptors (Lipinski definition) is 5. The van der Waals surface area contributed by atoms with Gasteiger partial charge in [0.05, 0.1) is 23.9 Å². The van der Waals surface area contributed by atoms with Crippen LogP contribution in [0.2, 0.25) is 0 Å². The zero-order valence-electron chi connectivity index (χ0n) is 13.2. The molecule has 0 saturated carbocycles. The molecule has 1 aromatic heterocycles. The van der Waals surface area contributed by atoms with E-state index < -0.39 is 0 Å². The lowest BCUT2D eigenvalue weighted by Crippen LogP contribution is -1.98. The molecule has 128 valence electrons. The maximum Gasteiger partial charge on any atom is 0.153 e. The normalized spacial score (nSPS) is 10.5. The molecule has 0 amide bonds. The molecule has 0 bridgehead atoms. The van der Waals surface area contributed by atoms with Crippen LogP contribution in [0.25, 0.3) is 10.6 Å². The van der Waals surface area contributed by atoms with Crippen molar-refractivity contribution < 1.29 is 14.3 Å². The summed E-state index contributed by atoms with van der Waals surface area (Å²) in [5, 5.41) is 2.79. The number of rotatable bonds is 6. The number of halogens is 2. The first-order chi connectivity index (χ1) is 12.1. The Morgan fingerprint density at radius 1 is 1.12 bits per heavy atom. The summed E-state index contributed by atoms with van der Waals surface area (Å²) in [6.07, 6.45) is 0.777. The van der Waals surface area contributed by atoms with Crippen molar-refractivity contribution in [3.05, 3.63) is 62.0 Å². The fourth-order valence-corrected chi connectivity index (χ4v) is 3.80. The summed E-state index contributed by atoms with van der Waals surface area (Å²) in [4.78, 5) is 15.8. The van der Waals surface area contributed by atoms with Crippen LogP contribution < -0.4 is 9.47 Å². The Bertz CT molecular complexity index is 911. The Morgan fingerprint density at radius 2 is 1.84 bits per heavy atom. The fraction of sp³-hybridized carbons (Fsp3) is 0.111. The van der Waals surface area contributed by atoms with Crippen LogP contribution in [-0.2, 0) is 6.61 Å². The molecule has 0 unspecified atom stereocenters. The fourth-order valence-electron chi connectivity index (χ4n) is 2.24. The Balaban J connectivity index is 1.79. The van der Waals surface area contributed by atoms with Crippen molar-refractivity contribution >= 4 is 49.5 Å². The van der Waals surface area contributed by atoms with Crippen LogP contribution in [0, 0.1) is 0 Å². The third kappa shape index (κ3) is 4.29. The monoisotopic (exact) mass is 481 g/mol. The molecule has 0 saturated heterocycles. The highest BCUT2D eigenvalue weighted by Crippen LogP contribution is 2.34. The molecule has 0 aliphatic rings. The van der Waals surface area contributed by atoms with E-state index in [2.05, 4.69) is 36.8 Å². The second kappa shape index (κ2) is 8.12. The minimum atomic E-state index is 0.287. The maximum atomic E-state index is 11.1. The first kappa shape index (κ1) is 18.1. The van der Waals surface area contributed by atoms with E-state index in [4.69, 9.17) is 9.47 Å². The van der Waals surface area contributed by atoms with Gasteiger partial charge < -0.3 is 9.47 Å². The molecule has 0 atom stereocenters. The van der Waals surface area contributed by atoms with E-state index in [-0.39, 0.29) is 6.61 Å². The molecular formula is C18H13Br2NO3S. The number of carbonyl (C=O) groups is 1. The summed E-state index contributed by atoms with van der Waals surface area (Å²) in [5.41, 5.74) is 2.21. The van der Waals surface area contributed by atoms with Crippen molar-refractivity contribution in [2.45, 2.75) is 6.61 Å². The van der Waals surface area contributed by atoms with Gasteiger partial charge in [-0.05, 0) is 36.4 Å². The summed E-state index contributed by atoms with van der Waals surface area (Å²) in [6, 6.07) is 11.1. The first-order valence-electron chi connectivity index (χ1n) is 7.26. The number of benzene rings is 2. The smallest absolute Gasteiger partial charge is 0.153 e. The highest BCUT2D eigenvalue weighted by molar-refractivity contribution is 9.10. The third-order valence-electron chi connectivity index (χ3n) is 3.42. The van der Waals surface area contributed by atoms with Crippen molar-refractivity contribution in [3.8, 4) is 22.1 Å². The van der Waals surface area contributed by atoms with E-state index in [1.807, 2.05) is 29.6 Å². The molecule has 0 aliphatic carbocycles. The summed E-state index contributed by atoms with van der Waals surface area (Å²) in [7, 11) is 1.64. The van der Waals surface area contributed by atoms with Gasteiger partial charge in [-0.25, -0.2) is 4.98 Å². The molecule has 0 N–H and O–H groups in total. The van der Waals surface area contributed by atoms with Crippen LogP contribution in [0.15, 0.2) is 50.7 Å². The van der Waals surface area contributed by atoms with Crippen molar-refractivity contribution in [1.29, 1.82) is 0 Å². The van der Waals surface area contributed by atoms with Gasteiger partial charge >= 0.3 is 0 Å². The maximum absolute atomic E-state index is 11.1. The largest absolute Gasteiger partial charge is 0.496 e. The van der Waals surface area contributed by atoms with Crippen LogP contribution in [0.1, 0.15) is 16.1 Å². The SMILES string of the molecule is COc1ccc(Br)cc1-c1nc(COc2ccc(Br)cc2C=O)cs1. The number of thiazole rings is 1. The van der Waals surface area contributed by atoms with E-state index in [1.54, 1.807) is 19.2 Å². The number of hydrogen-bond donors (Lipinski definition) is 0. The van der Waals surface area contributed by atoms with Gasteiger partial charge in [-0.3, -0.25) is 4.79 Å². The van der Waals surface area contributed by atoms with E-state index in [0.717, 1.165) is 37.2 Å². The molecule has 3 rings (SSSR count). The first-order valence-corrected chi connectivity index (χ1v) is 9.73. The highest BCUT2D eigenvalue weighted by Gasteiger charge is 2.12. The third-order valence-corrected chi connectivity index (χ3v) is 5.33. The van der Waals surface area contributed by atoms with E-state index in [1.165, 1.54) is 11.3 Å². The molecule has 0 spiro atoms. The Labute approximate surface area is 166 Å². The van der Waals surface area contributed by atoms with E-state index >= 15 is 0 Å².